The Bertz CT molecular complexity index is 788. The Labute approximate surface area is 173 Å². The second kappa shape index (κ2) is 10.1. The van der Waals surface area contributed by atoms with Crippen LogP contribution in [-0.2, 0) is 14.8 Å². The highest BCUT2D eigenvalue weighted by Gasteiger charge is 2.36. The maximum Gasteiger partial charge on any atom is 0.317 e. The molecule has 1 aliphatic carbocycles. The molecule has 0 spiro atoms. The molecular formula is C19H37N3O4S. The summed E-state index contributed by atoms with van der Waals surface area (Å²) in [5.74, 6) is -2.17. The van der Waals surface area contributed by atoms with Gasteiger partial charge in [-0.3, -0.25) is 0 Å². The second-order valence-electron chi connectivity index (χ2n) is 7.27. The number of likely N-dealkylation sites (tertiary alicyclic amines) is 1. The number of urea groups is 1. The normalized spacial score (nSPS) is 49.3. The number of amides is 2. The Balaban J connectivity index is 2.33. The summed E-state index contributed by atoms with van der Waals surface area (Å²) in [4.78, 5) is 14.0. The van der Waals surface area contributed by atoms with E-state index in [4.69, 9.17) is 13.0 Å². The van der Waals surface area contributed by atoms with Crippen LogP contribution >= 0.6 is 0 Å². The molecule has 0 aromatic heterocycles. The van der Waals surface area contributed by atoms with Crippen LogP contribution in [0.15, 0.2) is 0 Å². The van der Waals surface area contributed by atoms with Crippen molar-refractivity contribution in [3.63, 3.8) is 0 Å². The lowest BCUT2D eigenvalue weighted by molar-refractivity contribution is -0.0240. The largest absolute Gasteiger partial charge is 0.376 e. The van der Waals surface area contributed by atoms with Gasteiger partial charge in [-0.15, -0.1) is 0 Å². The summed E-state index contributed by atoms with van der Waals surface area (Å²) in [5, 5.41) is 2.68. The maximum atomic E-state index is 12.6. The average molecular weight is 410 g/mol. The minimum Gasteiger partial charge on any atom is -0.376 e. The van der Waals surface area contributed by atoms with Gasteiger partial charge in [-0.2, -0.15) is 0 Å². The number of rotatable bonds is 7. The molecule has 1 aliphatic heterocycles. The number of piperidine rings is 1. The van der Waals surface area contributed by atoms with Gasteiger partial charge in [-0.25, -0.2) is 17.9 Å². The van der Waals surface area contributed by atoms with Crippen molar-refractivity contribution in [3.05, 3.63) is 0 Å². The molecule has 2 fully saturated rings. The van der Waals surface area contributed by atoms with Gasteiger partial charge in [-0.05, 0) is 57.2 Å². The number of nitrogens with one attached hydrogen (secondary N) is 2. The van der Waals surface area contributed by atoms with E-state index in [0.717, 1.165) is 6.26 Å². The summed E-state index contributed by atoms with van der Waals surface area (Å²) >= 11 is 0. The predicted molar refractivity (Wildman–Crippen MR) is 107 cm³/mol. The van der Waals surface area contributed by atoms with Crippen LogP contribution in [0.25, 0.3) is 0 Å². The van der Waals surface area contributed by atoms with E-state index in [-0.39, 0.29) is 6.61 Å². The van der Waals surface area contributed by atoms with Gasteiger partial charge in [0.1, 0.15) is 0 Å². The fourth-order valence-corrected chi connectivity index (χ4v) is 4.14. The number of carbonyl (C=O) groups excluding carboxylic acids is 1. The van der Waals surface area contributed by atoms with Crippen LogP contribution in [0, 0.1) is 11.8 Å². The lowest BCUT2D eigenvalue weighted by Crippen LogP contribution is -2.60. The first kappa shape index (κ1) is 15.0. The molecular weight excluding hydrogens is 366 g/mol. The first-order valence-corrected chi connectivity index (χ1v) is 11.3. The molecule has 7 nitrogen and oxygen atoms in total. The molecule has 1 heterocycles. The fourth-order valence-electron chi connectivity index (χ4n) is 3.31. The van der Waals surface area contributed by atoms with Crippen molar-refractivity contribution in [1.29, 1.82) is 0 Å². The number of sulfonamides is 1. The third kappa shape index (κ3) is 6.91. The van der Waals surface area contributed by atoms with Gasteiger partial charge in [0, 0.05) is 26.0 Å². The zero-order chi connectivity index (χ0) is 25.4. The van der Waals surface area contributed by atoms with Gasteiger partial charge < -0.3 is 15.0 Å². The van der Waals surface area contributed by atoms with Gasteiger partial charge in [0.25, 0.3) is 0 Å². The highest BCUT2D eigenvalue weighted by molar-refractivity contribution is 7.88. The molecule has 8 heteroatoms. The molecule has 2 N–H and O–H groups in total. The van der Waals surface area contributed by atoms with E-state index in [0.29, 0.717) is 25.9 Å². The Morgan fingerprint density at radius 1 is 1.33 bits per heavy atom. The van der Waals surface area contributed by atoms with Crippen molar-refractivity contribution in [2.75, 3.05) is 26.0 Å². The molecule has 0 radical (unpaired) electrons. The minimum absolute atomic E-state index is 0.340. The average Bonchev–Trinajstić information content (AvgIpc) is 2.73. The molecule has 2 rings (SSSR count). The summed E-state index contributed by atoms with van der Waals surface area (Å²) < 4.78 is 83.3. The van der Waals surface area contributed by atoms with Crippen molar-refractivity contribution < 1.29 is 26.2 Å². The Kier molecular flexibility index (Phi) is 5.61. The summed E-state index contributed by atoms with van der Waals surface area (Å²) in [6.07, 6.45) is -6.37. The molecule has 0 bridgehead atoms. The summed E-state index contributed by atoms with van der Waals surface area (Å²) in [6.45, 7) is 5.45. The van der Waals surface area contributed by atoms with Gasteiger partial charge in [0.2, 0.25) is 10.0 Å². The predicted octanol–water partition coefficient (Wildman–Crippen LogP) is 2.33. The number of carbonyl (C=O) groups is 1. The lowest BCUT2D eigenvalue weighted by Gasteiger charge is -2.42. The quantitative estimate of drug-likeness (QED) is 0.675. The van der Waals surface area contributed by atoms with Gasteiger partial charge >= 0.3 is 6.03 Å². The standard InChI is InChI=1S/C19H37N3O4S/c1-5-20-19(23)22-12-6-7-17(21-27(4,24)25)18(22)13-26-16-10-8-15(9-11-16)14(2)3/h14-18,21H,5-13H2,1-4H3,(H,20,23)/t15?,16?,17-,18-/m0/s1/i8D,9D,10D,11D,15D,16D/t8?,9?,10?,11?,15?,16?,17-,18-. The van der Waals surface area contributed by atoms with Crippen molar-refractivity contribution in [2.45, 2.75) is 77.4 Å². The summed E-state index contributed by atoms with van der Waals surface area (Å²) in [7, 11) is -3.61. The third-order valence-corrected chi connectivity index (χ3v) is 5.43. The molecule has 4 unspecified atom stereocenters. The van der Waals surface area contributed by atoms with Crippen LogP contribution in [0.2, 0.25) is 0 Å². The van der Waals surface area contributed by atoms with Crippen LogP contribution in [0.4, 0.5) is 4.79 Å². The highest BCUT2D eigenvalue weighted by atomic mass is 32.2. The van der Waals surface area contributed by atoms with E-state index in [1.807, 2.05) is 0 Å². The number of hydrogen-bond acceptors (Lipinski definition) is 4. The summed E-state index contributed by atoms with van der Waals surface area (Å²) in [5.41, 5.74) is 0. The van der Waals surface area contributed by atoms with Crippen LogP contribution in [0.1, 0.15) is 67.4 Å². The lowest BCUT2D eigenvalue weighted by atomic mass is 9.80. The van der Waals surface area contributed by atoms with Crippen LogP contribution < -0.4 is 10.0 Å². The van der Waals surface area contributed by atoms with Gasteiger partial charge in [0.05, 0.1) is 26.4 Å². The molecule has 158 valence electrons. The van der Waals surface area contributed by atoms with Gasteiger partial charge in [0.15, 0.2) is 0 Å². The number of nitrogens with zero attached hydrogens (tertiary/aromatic N) is 1. The van der Waals surface area contributed by atoms with E-state index in [2.05, 4.69) is 10.0 Å². The van der Waals surface area contributed by atoms with E-state index in [1.165, 1.54) is 4.90 Å². The first-order valence-electron chi connectivity index (χ1n) is 12.8. The molecule has 2 aliphatic rings. The van der Waals surface area contributed by atoms with Crippen molar-refractivity contribution in [3.8, 4) is 0 Å². The smallest absolute Gasteiger partial charge is 0.317 e. The zero-order valence-corrected chi connectivity index (χ0v) is 17.4. The van der Waals surface area contributed by atoms with Crippen LogP contribution in [-0.4, -0.2) is 63.5 Å². The minimum atomic E-state index is -3.61. The number of ether oxygens (including phenoxy) is 1. The molecule has 0 aromatic carbocycles. The molecule has 2 amide bonds. The third-order valence-electron chi connectivity index (χ3n) is 4.70. The van der Waals surface area contributed by atoms with Crippen LogP contribution in [0.3, 0.4) is 0 Å². The van der Waals surface area contributed by atoms with E-state index < -0.39 is 71.6 Å². The molecule has 6 atom stereocenters. The highest BCUT2D eigenvalue weighted by Crippen LogP contribution is 2.31. The molecule has 1 saturated carbocycles. The number of hydrogen-bond donors (Lipinski definition) is 2. The maximum absolute atomic E-state index is 12.6. The van der Waals surface area contributed by atoms with Crippen molar-refractivity contribution >= 4 is 16.1 Å². The Morgan fingerprint density at radius 2 is 2.00 bits per heavy atom. The van der Waals surface area contributed by atoms with Crippen LogP contribution in [0.5, 0.6) is 0 Å². The zero-order valence-electron chi connectivity index (χ0n) is 22.6. The monoisotopic (exact) mass is 409 g/mol. The fraction of sp³-hybridized carbons (Fsp3) is 0.947. The first-order chi connectivity index (χ1) is 15.1. The Morgan fingerprint density at radius 3 is 2.56 bits per heavy atom. The summed E-state index contributed by atoms with van der Waals surface area (Å²) in [6, 6.07) is -1.91. The van der Waals surface area contributed by atoms with E-state index in [9.17, 15) is 13.2 Å². The van der Waals surface area contributed by atoms with E-state index >= 15 is 0 Å². The molecule has 27 heavy (non-hydrogen) atoms. The van der Waals surface area contributed by atoms with Gasteiger partial charge in [-0.1, -0.05) is 13.8 Å². The SMILES string of the molecule is [2H]C1C([2H])C([2H])(C(C)C)C([2H])C([2H])C1([2H])OC[C@H]1[C@@H](NS(C)(=O)=O)CCCN1C(=O)NCC. The Hall–Kier alpha value is -0.860. The molecule has 1 saturated heterocycles. The topological polar surface area (TPSA) is 87.7 Å². The second-order valence-corrected chi connectivity index (χ2v) is 9.05. The van der Waals surface area contributed by atoms with Crippen molar-refractivity contribution in [1.82, 2.24) is 14.9 Å². The molecule has 0 aromatic rings. The van der Waals surface area contributed by atoms with Crippen molar-refractivity contribution in [2.24, 2.45) is 11.8 Å². The van der Waals surface area contributed by atoms with E-state index in [1.54, 1.807) is 20.8 Å².